The molecule has 0 saturated heterocycles. The van der Waals surface area contributed by atoms with Crippen LogP contribution >= 0.6 is 0 Å². The molecule has 2 N–H and O–H groups in total. The van der Waals surface area contributed by atoms with Crippen LogP contribution in [0.3, 0.4) is 0 Å². The minimum atomic E-state index is -1.15. The van der Waals surface area contributed by atoms with E-state index in [-0.39, 0.29) is 11.3 Å². The lowest BCUT2D eigenvalue weighted by molar-refractivity contribution is 0.0696. The Balaban J connectivity index is 2.30. The minimum absolute atomic E-state index is 0.0792. The number of carbonyl (C=O) groups is 1. The Morgan fingerprint density at radius 3 is 2.72 bits per heavy atom. The number of hydrogen-bond acceptors (Lipinski definition) is 3. The normalized spacial score (nSPS) is 10.1. The number of aryl methyl sites for hydroxylation is 1. The molecular formula is C13H11FN2O2. The average molecular weight is 246 g/mol. The van der Waals surface area contributed by atoms with Gasteiger partial charge < -0.3 is 10.4 Å². The number of benzene rings is 1. The van der Waals surface area contributed by atoms with Gasteiger partial charge in [-0.1, -0.05) is 0 Å². The third kappa shape index (κ3) is 2.45. The van der Waals surface area contributed by atoms with Gasteiger partial charge in [-0.05, 0) is 36.8 Å². The molecule has 18 heavy (non-hydrogen) atoms. The van der Waals surface area contributed by atoms with E-state index in [2.05, 4.69) is 10.3 Å². The largest absolute Gasteiger partial charge is 0.478 e. The van der Waals surface area contributed by atoms with Gasteiger partial charge in [-0.15, -0.1) is 0 Å². The molecule has 0 radical (unpaired) electrons. The Morgan fingerprint density at radius 2 is 2.11 bits per heavy atom. The predicted octanol–water partition coefficient (Wildman–Crippen LogP) is 2.97. The van der Waals surface area contributed by atoms with Crippen LogP contribution in [0.25, 0.3) is 0 Å². The van der Waals surface area contributed by atoms with Crippen LogP contribution in [0.2, 0.25) is 0 Å². The van der Waals surface area contributed by atoms with Gasteiger partial charge in [0.25, 0.3) is 0 Å². The van der Waals surface area contributed by atoms with Crippen LogP contribution in [0.4, 0.5) is 15.8 Å². The number of nitrogens with one attached hydrogen (secondary N) is 1. The van der Waals surface area contributed by atoms with Gasteiger partial charge in [-0.2, -0.15) is 0 Å². The summed E-state index contributed by atoms with van der Waals surface area (Å²) >= 11 is 0. The first-order valence-corrected chi connectivity index (χ1v) is 5.28. The highest BCUT2D eigenvalue weighted by molar-refractivity contribution is 5.88. The Hall–Kier alpha value is -2.43. The summed E-state index contributed by atoms with van der Waals surface area (Å²) in [5.74, 6) is -1.76. The van der Waals surface area contributed by atoms with E-state index < -0.39 is 11.8 Å². The van der Waals surface area contributed by atoms with Crippen molar-refractivity contribution in [3.8, 4) is 0 Å². The molecule has 2 aromatic rings. The second-order valence-corrected chi connectivity index (χ2v) is 3.82. The number of anilines is 2. The SMILES string of the molecule is Cc1cnccc1Nc1ccc(C(=O)O)cc1F. The fourth-order valence-electron chi connectivity index (χ4n) is 1.51. The number of hydrogen-bond donors (Lipinski definition) is 2. The van der Waals surface area contributed by atoms with Crippen LogP contribution in [-0.4, -0.2) is 16.1 Å². The molecule has 1 heterocycles. The molecule has 5 heteroatoms. The summed E-state index contributed by atoms with van der Waals surface area (Å²) < 4.78 is 13.7. The molecule has 0 fully saturated rings. The number of aromatic carboxylic acids is 1. The van der Waals surface area contributed by atoms with E-state index in [4.69, 9.17) is 5.11 Å². The smallest absolute Gasteiger partial charge is 0.335 e. The number of carboxylic acids is 1. The van der Waals surface area contributed by atoms with Crippen molar-refractivity contribution in [3.05, 3.63) is 53.6 Å². The highest BCUT2D eigenvalue weighted by Gasteiger charge is 2.09. The zero-order valence-electron chi connectivity index (χ0n) is 9.64. The fraction of sp³-hybridized carbons (Fsp3) is 0.0769. The zero-order valence-corrected chi connectivity index (χ0v) is 9.64. The van der Waals surface area contributed by atoms with E-state index in [9.17, 15) is 9.18 Å². The van der Waals surface area contributed by atoms with Gasteiger partial charge in [0.05, 0.1) is 11.3 Å². The molecule has 1 aromatic heterocycles. The lowest BCUT2D eigenvalue weighted by Crippen LogP contribution is -2.00. The lowest BCUT2D eigenvalue weighted by atomic mass is 10.2. The third-order valence-electron chi connectivity index (χ3n) is 2.51. The number of rotatable bonds is 3. The van der Waals surface area contributed by atoms with E-state index in [1.807, 2.05) is 6.92 Å². The van der Waals surface area contributed by atoms with E-state index in [1.54, 1.807) is 18.5 Å². The number of pyridine rings is 1. The first kappa shape index (κ1) is 12.0. The second kappa shape index (κ2) is 4.83. The maximum Gasteiger partial charge on any atom is 0.335 e. The van der Waals surface area contributed by atoms with Crippen molar-refractivity contribution in [1.82, 2.24) is 4.98 Å². The van der Waals surface area contributed by atoms with E-state index in [0.717, 1.165) is 17.3 Å². The Labute approximate surface area is 103 Å². The van der Waals surface area contributed by atoms with Crippen LogP contribution in [0.5, 0.6) is 0 Å². The molecule has 1 aromatic carbocycles. The summed E-state index contributed by atoms with van der Waals surface area (Å²) in [7, 11) is 0. The average Bonchev–Trinajstić information content (AvgIpc) is 2.34. The molecule has 0 aliphatic rings. The second-order valence-electron chi connectivity index (χ2n) is 3.82. The third-order valence-corrected chi connectivity index (χ3v) is 2.51. The maximum absolute atomic E-state index is 13.7. The number of nitrogens with zero attached hydrogens (tertiary/aromatic N) is 1. The summed E-state index contributed by atoms with van der Waals surface area (Å²) in [6.07, 6.45) is 3.25. The highest BCUT2D eigenvalue weighted by atomic mass is 19.1. The van der Waals surface area contributed by atoms with Crippen LogP contribution in [0, 0.1) is 12.7 Å². The van der Waals surface area contributed by atoms with Gasteiger partial charge >= 0.3 is 5.97 Å². The van der Waals surface area contributed by atoms with Gasteiger partial charge in [0.1, 0.15) is 5.82 Å². The fourth-order valence-corrected chi connectivity index (χ4v) is 1.51. The van der Waals surface area contributed by atoms with Gasteiger partial charge in [-0.3, -0.25) is 4.98 Å². The summed E-state index contributed by atoms with van der Waals surface area (Å²) in [5, 5.41) is 11.6. The minimum Gasteiger partial charge on any atom is -0.478 e. The van der Waals surface area contributed by atoms with Gasteiger partial charge in [-0.25, -0.2) is 9.18 Å². The first-order chi connectivity index (χ1) is 8.58. The first-order valence-electron chi connectivity index (χ1n) is 5.28. The van der Waals surface area contributed by atoms with Crippen LogP contribution in [0.15, 0.2) is 36.7 Å². The van der Waals surface area contributed by atoms with Crippen LogP contribution < -0.4 is 5.32 Å². The van der Waals surface area contributed by atoms with Crippen molar-refractivity contribution >= 4 is 17.3 Å². The van der Waals surface area contributed by atoms with Crippen molar-refractivity contribution in [2.75, 3.05) is 5.32 Å². The van der Waals surface area contributed by atoms with Gasteiger partial charge in [0.2, 0.25) is 0 Å². The number of aromatic nitrogens is 1. The molecule has 0 aliphatic carbocycles. The summed E-state index contributed by atoms with van der Waals surface area (Å²) in [6.45, 7) is 1.85. The van der Waals surface area contributed by atoms with Gasteiger partial charge in [0.15, 0.2) is 0 Å². The van der Waals surface area contributed by atoms with Crippen molar-refractivity contribution in [3.63, 3.8) is 0 Å². The van der Waals surface area contributed by atoms with Crippen molar-refractivity contribution in [2.45, 2.75) is 6.92 Å². The lowest BCUT2D eigenvalue weighted by Gasteiger charge is -2.10. The summed E-state index contributed by atoms with van der Waals surface area (Å²) in [4.78, 5) is 14.6. The van der Waals surface area contributed by atoms with Crippen molar-refractivity contribution in [2.24, 2.45) is 0 Å². The molecule has 0 amide bonds. The molecule has 0 atom stereocenters. The molecule has 4 nitrogen and oxygen atoms in total. The highest BCUT2D eigenvalue weighted by Crippen LogP contribution is 2.22. The Morgan fingerprint density at radius 1 is 1.33 bits per heavy atom. The maximum atomic E-state index is 13.7. The van der Waals surface area contributed by atoms with Crippen LogP contribution in [0.1, 0.15) is 15.9 Å². The molecule has 0 unspecified atom stereocenters. The summed E-state index contributed by atoms with van der Waals surface area (Å²) in [5.41, 5.74) is 1.75. The monoisotopic (exact) mass is 246 g/mol. The molecule has 0 saturated carbocycles. The zero-order chi connectivity index (χ0) is 13.1. The van der Waals surface area contributed by atoms with E-state index in [0.29, 0.717) is 0 Å². The van der Waals surface area contributed by atoms with Crippen molar-refractivity contribution in [1.29, 1.82) is 0 Å². The van der Waals surface area contributed by atoms with E-state index in [1.165, 1.54) is 12.1 Å². The molecule has 0 spiro atoms. The quantitative estimate of drug-likeness (QED) is 0.874. The van der Waals surface area contributed by atoms with Crippen molar-refractivity contribution < 1.29 is 14.3 Å². The molecule has 0 bridgehead atoms. The molecule has 0 aliphatic heterocycles. The topological polar surface area (TPSA) is 62.2 Å². The Kier molecular flexibility index (Phi) is 3.23. The predicted molar refractivity (Wildman–Crippen MR) is 65.6 cm³/mol. The molecule has 92 valence electrons. The van der Waals surface area contributed by atoms with Crippen LogP contribution in [-0.2, 0) is 0 Å². The van der Waals surface area contributed by atoms with Gasteiger partial charge in [0, 0.05) is 18.1 Å². The number of halogens is 1. The Bertz CT molecular complexity index is 599. The van der Waals surface area contributed by atoms with E-state index >= 15 is 0 Å². The molecule has 2 rings (SSSR count). The summed E-state index contributed by atoms with van der Waals surface area (Å²) in [6, 6.07) is 5.46. The number of carboxylic acid groups (broad SMARTS) is 1. The molecular weight excluding hydrogens is 235 g/mol. The standard InChI is InChI=1S/C13H11FN2O2/c1-8-7-15-5-4-11(8)16-12-3-2-9(13(17)18)6-10(12)14/h2-7H,1H3,(H,15,16)(H,17,18).